The van der Waals surface area contributed by atoms with Gasteiger partial charge in [-0.3, -0.25) is 9.59 Å². The number of H-pyrrole nitrogens is 1. The quantitative estimate of drug-likeness (QED) is 0.772. The third-order valence-corrected chi connectivity index (χ3v) is 3.65. The van der Waals surface area contributed by atoms with Crippen LogP contribution in [0.3, 0.4) is 0 Å². The van der Waals surface area contributed by atoms with Crippen molar-refractivity contribution >= 4 is 22.8 Å². The molecule has 0 bridgehead atoms. The summed E-state index contributed by atoms with van der Waals surface area (Å²) in [6.45, 7) is 5.83. The highest BCUT2D eigenvalue weighted by molar-refractivity contribution is 5.84. The predicted molar refractivity (Wildman–Crippen MR) is 90.0 cm³/mol. The highest BCUT2D eigenvalue weighted by Crippen LogP contribution is 2.17. The Hall–Kier alpha value is -2.30. The van der Waals surface area contributed by atoms with Crippen LogP contribution in [0, 0.1) is 5.92 Å². The Bertz CT molecular complexity index is 676. The maximum absolute atomic E-state index is 12.2. The highest BCUT2D eigenvalue weighted by atomic mass is 16.5. The molecule has 1 heterocycles. The van der Waals surface area contributed by atoms with Gasteiger partial charge in [0, 0.05) is 30.6 Å². The first-order valence-corrected chi connectivity index (χ1v) is 7.97. The van der Waals surface area contributed by atoms with Crippen molar-refractivity contribution in [1.82, 2.24) is 10.3 Å². The Balaban J connectivity index is 1.90. The van der Waals surface area contributed by atoms with Crippen molar-refractivity contribution < 1.29 is 14.3 Å². The predicted octanol–water partition coefficient (Wildman–Crippen LogP) is 2.80. The number of esters is 1. The molecule has 1 amide bonds. The van der Waals surface area contributed by atoms with Gasteiger partial charge in [-0.15, -0.1) is 0 Å². The van der Waals surface area contributed by atoms with Crippen LogP contribution in [0.15, 0.2) is 30.5 Å². The first-order chi connectivity index (χ1) is 11.0. The van der Waals surface area contributed by atoms with Gasteiger partial charge in [0.05, 0.1) is 0 Å². The number of aromatic amines is 1. The van der Waals surface area contributed by atoms with Gasteiger partial charge in [-0.2, -0.15) is 0 Å². The molecule has 5 nitrogen and oxygen atoms in total. The van der Waals surface area contributed by atoms with Crippen molar-refractivity contribution in [2.75, 3.05) is 6.54 Å². The second-order valence-electron chi connectivity index (χ2n) is 6.13. The molecule has 0 saturated heterocycles. The van der Waals surface area contributed by atoms with Crippen LogP contribution in [0.5, 0.6) is 0 Å². The SMILES string of the molecule is CC(=O)OC(CC(C)C)C(=O)NCCc1c[nH]c2ccccc12. The zero-order valence-electron chi connectivity index (χ0n) is 13.9. The lowest BCUT2D eigenvalue weighted by molar-refractivity contribution is -0.154. The monoisotopic (exact) mass is 316 g/mol. The van der Waals surface area contributed by atoms with Crippen LogP contribution in [-0.4, -0.2) is 29.5 Å². The number of para-hydroxylation sites is 1. The number of benzene rings is 1. The van der Waals surface area contributed by atoms with E-state index in [2.05, 4.69) is 16.4 Å². The summed E-state index contributed by atoms with van der Waals surface area (Å²) in [5.74, 6) is -0.380. The van der Waals surface area contributed by atoms with Crippen molar-refractivity contribution in [2.45, 2.75) is 39.7 Å². The molecule has 2 aromatic rings. The number of amides is 1. The van der Waals surface area contributed by atoms with E-state index in [4.69, 9.17) is 4.74 Å². The standard InChI is InChI=1S/C18H24N2O3/c1-12(2)10-17(23-13(3)21)18(22)19-9-8-14-11-20-16-7-5-4-6-15(14)16/h4-7,11-12,17,20H,8-10H2,1-3H3,(H,19,22). The zero-order valence-corrected chi connectivity index (χ0v) is 13.9. The zero-order chi connectivity index (χ0) is 16.8. The number of hydrogen-bond acceptors (Lipinski definition) is 3. The summed E-state index contributed by atoms with van der Waals surface area (Å²) in [5, 5.41) is 4.03. The molecule has 0 aliphatic carbocycles. The summed E-state index contributed by atoms with van der Waals surface area (Å²) in [5.41, 5.74) is 2.25. The number of hydrogen-bond donors (Lipinski definition) is 2. The molecule has 1 unspecified atom stereocenters. The Kier molecular flexibility index (Phi) is 5.79. The lowest BCUT2D eigenvalue weighted by Gasteiger charge is -2.18. The molecule has 2 N–H and O–H groups in total. The van der Waals surface area contributed by atoms with Crippen molar-refractivity contribution in [3.63, 3.8) is 0 Å². The lowest BCUT2D eigenvalue weighted by Crippen LogP contribution is -2.39. The lowest BCUT2D eigenvalue weighted by atomic mass is 10.1. The molecular weight excluding hydrogens is 292 g/mol. The number of carbonyl (C=O) groups excluding carboxylic acids is 2. The van der Waals surface area contributed by atoms with Crippen LogP contribution in [0.2, 0.25) is 0 Å². The minimum Gasteiger partial charge on any atom is -0.452 e. The average Bonchev–Trinajstić information content (AvgIpc) is 2.89. The fraction of sp³-hybridized carbons (Fsp3) is 0.444. The molecule has 0 aliphatic heterocycles. The van der Waals surface area contributed by atoms with Gasteiger partial charge < -0.3 is 15.0 Å². The number of fused-ring (bicyclic) bond motifs is 1. The average molecular weight is 316 g/mol. The van der Waals surface area contributed by atoms with Gasteiger partial charge >= 0.3 is 5.97 Å². The second kappa shape index (κ2) is 7.81. The van der Waals surface area contributed by atoms with E-state index in [0.717, 1.165) is 17.5 Å². The summed E-state index contributed by atoms with van der Waals surface area (Å²) in [4.78, 5) is 26.6. The molecule has 1 atom stereocenters. The maximum Gasteiger partial charge on any atom is 0.303 e. The third kappa shape index (κ3) is 4.84. The largest absolute Gasteiger partial charge is 0.452 e. The summed E-state index contributed by atoms with van der Waals surface area (Å²) in [6.07, 6.45) is 2.51. The molecule has 0 aliphatic rings. The molecule has 23 heavy (non-hydrogen) atoms. The summed E-state index contributed by atoms with van der Waals surface area (Å²) >= 11 is 0. The molecule has 0 spiro atoms. The fourth-order valence-electron chi connectivity index (χ4n) is 2.61. The van der Waals surface area contributed by atoms with E-state index in [1.807, 2.05) is 38.2 Å². The van der Waals surface area contributed by atoms with E-state index in [9.17, 15) is 9.59 Å². The number of aromatic nitrogens is 1. The Labute approximate surface area is 136 Å². The Morgan fingerprint density at radius 1 is 1.26 bits per heavy atom. The molecule has 5 heteroatoms. The molecule has 2 rings (SSSR count). The van der Waals surface area contributed by atoms with Crippen LogP contribution in [-0.2, 0) is 20.7 Å². The number of nitrogens with one attached hydrogen (secondary N) is 2. The van der Waals surface area contributed by atoms with Gasteiger partial charge in [-0.1, -0.05) is 32.0 Å². The molecule has 1 aromatic carbocycles. The molecular formula is C18H24N2O3. The van der Waals surface area contributed by atoms with Gasteiger partial charge in [-0.05, 0) is 30.4 Å². The van der Waals surface area contributed by atoms with Gasteiger partial charge in [0.1, 0.15) is 0 Å². The van der Waals surface area contributed by atoms with Crippen molar-refractivity contribution in [2.24, 2.45) is 5.92 Å². The molecule has 0 radical (unpaired) electrons. The van der Waals surface area contributed by atoms with E-state index in [1.54, 1.807) is 0 Å². The van der Waals surface area contributed by atoms with Crippen LogP contribution in [0.4, 0.5) is 0 Å². The third-order valence-electron chi connectivity index (χ3n) is 3.65. The number of ether oxygens (including phenoxy) is 1. The van der Waals surface area contributed by atoms with Gasteiger partial charge in [0.2, 0.25) is 0 Å². The molecule has 0 fully saturated rings. The smallest absolute Gasteiger partial charge is 0.303 e. The fourth-order valence-corrected chi connectivity index (χ4v) is 2.61. The Morgan fingerprint density at radius 2 is 2.00 bits per heavy atom. The van der Waals surface area contributed by atoms with E-state index in [-0.39, 0.29) is 11.8 Å². The first kappa shape index (κ1) is 17.1. The van der Waals surface area contributed by atoms with E-state index in [0.29, 0.717) is 13.0 Å². The van der Waals surface area contributed by atoms with Crippen molar-refractivity contribution in [1.29, 1.82) is 0 Å². The molecule has 0 saturated carbocycles. The van der Waals surface area contributed by atoms with Gasteiger partial charge in [0.25, 0.3) is 5.91 Å². The number of carbonyl (C=O) groups is 2. The van der Waals surface area contributed by atoms with Crippen molar-refractivity contribution in [3.05, 3.63) is 36.0 Å². The van der Waals surface area contributed by atoms with E-state index < -0.39 is 12.1 Å². The second-order valence-corrected chi connectivity index (χ2v) is 6.13. The van der Waals surface area contributed by atoms with E-state index in [1.165, 1.54) is 12.3 Å². The number of rotatable bonds is 7. The van der Waals surface area contributed by atoms with Crippen LogP contribution >= 0.6 is 0 Å². The maximum atomic E-state index is 12.2. The van der Waals surface area contributed by atoms with Gasteiger partial charge in [0.15, 0.2) is 6.10 Å². The topological polar surface area (TPSA) is 71.2 Å². The van der Waals surface area contributed by atoms with Crippen molar-refractivity contribution in [3.8, 4) is 0 Å². The summed E-state index contributed by atoms with van der Waals surface area (Å²) < 4.78 is 5.12. The van der Waals surface area contributed by atoms with E-state index >= 15 is 0 Å². The van der Waals surface area contributed by atoms with Gasteiger partial charge in [-0.25, -0.2) is 0 Å². The first-order valence-electron chi connectivity index (χ1n) is 7.97. The normalized spacial score (nSPS) is 12.3. The summed E-state index contributed by atoms with van der Waals surface area (Å²) in [7, 11) is 0. The minimum absolute atomic E-state index is 0.228. The van der Waals surface area contributed by atoms with Crippen LogP contribution in [0.25, 0.3) is 10.9 Å². The van der Waals surface area contributed by atoms with Crippen LogP contribution < -0.4 is 5.32 Å². The molecule has 124 valence electrons. The Morgan fingerprint density at radius 3 is 2.70 bits per heavy atom. The minimum atomic E-state index is -0.713. The molecule has 1 aromatic heterocycles. The highest BCUT2D eigenvalue weighted by Gasteiger charge is 2.22. The van der Waals surface area contributed by atoms with Crippen LogP contribution in [0.1, 0.15) is 32.8 Å². The summed E-state index contributed by atoms with van der Waals surface area (Å²) in [6, 6.07) is 8.07.